The molecule has 0 amide bonds. The van der Waals surface area contributed by atoms with Crippen LogP contribution in [0.4, 0.5) is 0 Å². The van der Waals surface area contributed by atoms with E-state index in [4.69, 9.17) is 0 Å². The van der Waals surface area contributed by atoms with Crippen molar-refractivity contribution in [3.8, 4) is 10.4 Å². The van der Waals surface area contributed by atoms with E-state index >= 15 is 0 Å². The highest BCUT2D eigenvalue weighted by Gasteiger charge is 2.16. The number of piperidine rings is 1. The smallest absolute Gasteiger partial charge is 0.212 e. The fourth-order valence-electron chi connectivity index (χ4n) is 4.25. The van der Waals surface area contributed by atoms with E-state index in [1.54, 1.807) is 0 Å². The fourth-order valence-corrected chi connectivity index (χ4v) is 6.66. The van der Waals surface area contributed by atoms with Crippen LogP contribution in [0.1, 0.15) is 41.5 Å². The van der Waals surface area contributed by atoms with Gasteiger partial charge in [-0.15, -0.1) is 0 Å². The normalized spacial score (nSPS) is 17.0. The predicted octanol–water partition coefficient (Wildman–Crippen LogP) is 5.32. The zero-order valence-electron chi connectivity index (χ0n) is 15.7. The van der Waals surface area contributed by atoms with Gasteiger partial charge in [-0.05, 0) is 59.9 Å². The van der Waals surface area contributed by atoms with Crippen LogP contribution in [0.5, 0.6) is 0 Å². The summed E-state index contributed by atoms with van der Waals surface area (Å²) in [5, 5.41) is 2.40. The van der Waals surface area contributed by atoms with Gasteiger partial charge in [-0.3, -0.25) is 0 Å². The summed E-state index contributed by atoms with van der Waals surface area (Å²) in [6.07, 6.45) is 8.59. The fraction of sp³-hybridized carbons (Fsp3) is 0.375. The molecular weight excluding hydrogens is 366 g/mol. The average molecular weight is 393 g/mol. The number of aryl methyl sites for hydroxylation is 4. The van der Waals surface area contributed by atoms with Gasteiger partial charge >= 0.3 is 3.98 Å². The first-order valence-corrected chi connectivity index (χ1v) is 11.9. The van der Waals surface area contributed by atoms with Crippen molar-refractivity contribution < 1.29 is 0 Å². The lowest BCUT2D eigenvalue weighted by Crippen LogP contribution is -2.31. The molecule has 0 unspecified atom stereocenters. The molecule has 1 aliphatic heterocycles. The van der Waals surface area contributed by atoms with Crippen LogP contribution < -0.4 is 8.56 Å². The van der Waals surface area contributed by atoms with Crippen LogP contribution >= 0.6 is 22.7 Å². The van der Waals surface area contributed by atoms with Gasteiger partial charge in [0.15, 0.2) is 0 Å². The Hall–Kier alpha value is -1.71. The van der Waals surface area contributed by atoms with E-state index in [2.05, 4.69) is 52.4 Å². The third-order valence-electron chi connectivity index (χ3n) is 5.93. The maximum atomic E-state index is 2.60. The van der Waals surface area contributed by atoms with Crippen molar-refractivity contribution >= 4 is 22.7 Å². The van der Waals surface area contributed by atoms with Gasteiger partial charge in [-0.1, -0.05) is 65.1 Å². The minimum Gasteiger partial charge on any atom is -0.212 e. The highest BCUT2D eigenvalue weighted by Crippen LogP contribution is 2.30. The second-order valence-corrected chi connectivity index (χ2v) is 9.97. The molecule has 138 valence electrons. The molecule has 1 fully saturated rings. The summed E-state index contributed by atoms with van der Waals surface area (Å²) < 4.78 is 4.10. The van der Waals surface area contributed by atoms with Gasteiger partial charge in [0.1, 0.15) is 13.1 Å². The largest absolute Gasteiger partial charge is 0.314 e. The van der Waals surface area contributed by atoms with Gasteiger partial charge in [-0.25, -0.2) is 4.58 Å². The van der Waals surface area contributed by atoms with E-state index in [1.807, 2.05) is 22.7 Å². The minimum absolute atomic E-state index is 1.12. The second-order valence-electron chi connectivity index (χ2n) is 7.82. The third kappa shape index (κ3) is 3.81. The lowest BCUT2D eigenvalue weighted by molar-refractivity contribution is 0.459. The number of benzene rings is 2. The Kier molecular flexibility index (Phi) is 4.98. The zero-order chi connectivity index (χ0) is 18.1. The van der Waals surface area contributed by atoms with Gasteiger partial charge in [0, 0.05) is 18.2 Å². The standard InChI is InChI=1S/C24H26NS2/c1-2-14-25(15-3-1)24-26-17-23(27-24)22-16-20-9-8-18-4-6-19(7-5-18)10-12-21(22)13-11-20/h4-7,11,13,16-17H,1-3,8-10,12,14-15H2/q+1. The maximum absolute atomic E-state index is 2.60. The topological polar surface area (TPSA) is 3.01 Å². The van der Waals surface area contributed by atoms with Gasteiger partial charge in [0.2, 0.25) is 0 Å². The quantitative estimate of drug-likeness (QED) is 0.493. The van der Waals surface area contributed by atoms with E-state index in [0.29, 0.717) is 0 Å². The number of rotatable bonds is 1. The molecule has 0 atom stereocenters. The Morgan fingerprint density at radius 2 is 1.37 bits per heavy atom. The van der Waals surface area contributed by atoms with Crippen molar-refractivity contribution in [2.24, 2.45) is 0 Å². The van der Waals surface area contributed by atoms with Gasteiger partial charge in [0.05, 0.1) is 4.88 Å². The summed E-state index contributed by atoms with van der Waals surface area (Å²) in [6.45, 7) is 2.47. The Bertz CT molecular complexity index is 999. The van der Waals surface area contributed by atoms with Crippen LogP contribution in [0.15, 0.2) is 47.8 Å². The molecule has 1 nitrogen and oxygen atoms in total. The number of hydrogen-bond donors (Lipinski definition) is 0. The van der Waals surface area contributed by atoms with Gasteiger partial charge in [-0.2, -0.15) is 0 Å². The molecular formula is C24H26NS2+. The van der Waals surface area contributed by atoms with Gasteiger partial charge < -0.3 is 0 Å². The molecule has 2 heterocycles. The lowest BCUT2D eigenvalue weighted by atomic mass is 9.93. The lowest BCUT2D eigenvalue weighted by Gasteiger charge is -2.13. The first-order valence-electron chi connectivity index (χ1n) is 10.2. The van der Waals surface area contributed by atoms with Crippen LogP contribution in [-0.2, 0) is 25.7 Å². The van der Waals surface area contributed by atoms with Crippen LogP contribution in [-0.4, -0.2) is 13.1 Å². The third-order valence-corrected chi connectivity index (χ3v) is 8.42. The molecule has 3 heteroatoms. The van der Waals surface area contributed by atoms with Crippen LogP contribution in [0.3, 0.4) is 0 Å². The molecule has 8 rings (SSSR count). The Morgan fingerprint density at radius 3 is 2.15 bits per heavy atom. The highest BCUT2D eigenvalue weighted by atomic mass is 32.2. The zero-order valence-corrected chi connectivity index (χ0v) is 17.4. The maximum Gasteiger partial charge on any atom is 0.314 e. The highest BCUT2D eigenvalue weighted by molar-refractivity contribution is 7.28. The monoisotopic (exact) mass is 392 g/mol. The molecule has 5 aliphatic rings. The van der Waals surface area contributed by atoms with Crippen LogP contribution in [0, 0.1) is 0 Å². The van der Waals surface area contributed by atoms with Crippen molar-refractivity contribution in [2.45, 2.75) is 44.9 Å². The SMILES string of the molecule is c1cc2ccc1CCc1ccc(c(-c3csc(=[N+]4CCCCC4)s3)c1)CC2. The predicted molar refractivity (Wildman–Crippen MR) is 118 cm³/mol. The van der Waals surface area contributed by atoms with Crippen molar-refractivity contribution in [1.82, 2.24) is 4.58 Å². The average Bonchev–Trinajstić information content (AvgIpc) is 3.21. The van der Waals surface area contributed by atoms with E-state index < -0.39 is 0 Å². The molecule has 4 bridgehead atoms. The summed E-state index contributed by atoms with van der Waals surface area (Å²) in [6, 6.07) is 16.5. The molecule has 0 saturated carbocycles. The van der Waals surface area contributed by atoms with Crippen LogP contribution in [0.2, 0.25) is 0 Å². The summed E-state index contributed by atoms with van der Waals surface area (Å²) in [4.78, 5) is 1.46. The van der Waals surface area contributed by atoms with E-state index in [-0.39, 0.29) is 0 Å². The van der Waals surface area contributed by atoms with Crippen molar-refractivity contribution in [3.05, 3.63) is 74.1 Å². The molecule has 1 aromatic heterocycles. The molecule has 3 aromatic rings. The van der Waals surface area contributed by atoms with Crippen molar-refractivity contribution in [1.29, 1.82) is 0 Å². The molecule has 27 heavy (non-hydrogen) atoms. The first-order chi connectivity index (χ1) is 13.3. The summed E-state index contributed by atoms with van der Waals surface area (Å²) in [7, 11) is 0. The Morgan fingerprint density at radius 1 is 0.704 bits per heavy atom. The Labute approximate surface area is 169 Å². The molecule has 1 saturated heterocycles. The van der Waals surface area contributed by atoms with Gasteiger partial charge in [0.25, 0.3) is 0 Å². The minimum atomic E-state index is 1.12. The Balaban J connectivity index is 1.54. The van der Waals surface area contributed by atoms with E-state index in [9.17, 15) is 0 Å². The molecule has 2 aromatic carbocycles. The molecule has 4 aliphatic carbocycles. The number of nitrogens with zero attached hydrogens (tertiary/aromatic N) is 1. The van der Waals surface area contributed by atoms with Crippen molar-refractivity contribution in [3.63, 3.8) is 0 Å². The van der Waals surface area contributed by atoms with Crippen molar-refractivity contribution in [2.75, 3.05) is 13.1 Å². The summed E-state index contributed by atoms with van der Waals surface area (Å²) in [5.41, 5.74) is 7.36. The molecule has 0 radical (unpaired) electrons. The summed E-state index contributed by atoms with van der Waals surface area (Å²) in [5.74, 6) is 0. The van der Waals surface area contributed by atoms with Crippen LogP contribution in [0.25, 0.3) is 10.4 Å². The van der Waals surface area contributed by atoms with E-state index in [1.165, 1.54) is 69.0 Å². The number of hydrogen-bond acceptors (Lipinski definition) is 2. The first kappa shape index (κ1) is 17.4. The van der Waals surface area contributed by atoms with E-state index in [0.717, 1.165) is 25.7 Å². The molecule has 0 N–H and O–H groups in total. The molecule has 0 spiro atoms. The second kappa shape index (κ2) is 7.73. The summed E-state index contributed by atoms with van der Waals surface area (Å²) >= 11 is 3.95.